The fraction of sp³-hybridized carbons (Fsp3) is 0.375. The van der Waals surface area contributed by atoms with Gasteiger partial charge in [-0.25, -0.2) is 14.5 Å². The van der Waals surface area contributed by atoms with Crippen LogP contribution in [0.2, 0.25) is 0 Å². The molecule has 0 radical (unpaired) electrons. The van der Waals surface area contributed by atoms with Gasteiger partial charge in [-0.2, -0.15) is 5.10 Å². The summed E-state index contributed by atoms with van der Waals surface area (Å²) in [6.45, 7) is 4.19. The summed E-state index contributed by atoms with van der Waals surface area (Å²) in [5.74, 6) is 0.387. The molecule has 62 valence electrons. The number of rotatable bonds is 1. The molecule has 12 heavy (non-hydrogen) atoms. The first-order valence-corrected chi connectivity index (χ1v) is 3.93. The summed E-state index contributed by atoms with van der Waals surface area (Å²) in [6, 6.07) is 0. The Labute approximate surface area is 70.3 Å². The van der Waals surface area contributed by atoms with Crippen molar-refractivity contribution in [1.82, 2.24) is 19.6 Å². The van der Waals surface area contributed by atoms with E-state index in [-0.39, 0.29) is 0 Å². The lowest BCUT2D eigenvalue weighted by Gasteiger charge is -2.03. The van der Waals surface area contributed by atoms with E-state index in [2.05, 4.69) is 28.9 Å². The summed E-state index contributed by atoms with van der Waals surface area (Å²) in [4.78, 5) is 8.36. The monoisotopic (exact) mass is 162 g/mol. The zero-order valence-electron chi connectivity index (χ0n) is 7.10. The molecule has 0 spiro atoms. The first-order chi connectivity index (χ1) is 5.79. The van der Waals surface area contributed by atoms with Crippen molar-refractivity contribution in [3.8, 4) is 0 Å². The third-order valence-corrected chi connectivity index (χ3v) is 1.77. The van der Waals surface area contributed by atoms with E-state index >= 15 is 0 Å². The molecule has 2 rings (SSSR count). The molecule has 4 heteroatoms. The second kappa shape index (κ2) is 2.55. The Kier molecular flexibility index (Phi) is 1.53. The van der Waals surface area contributed by atoms with Crippen LogP contribution in [0.4, 0.5) is 0 Å². The maximum atomic E-state index is 4.18. The SMILES string of the molecule is CC(C)c1ncnn2ccnc12. The fourth-order valence-electron chi connectivity index (χ4n) is 1.18. The summed E-state index contributed by atoms with van der Waals surface area (Å²) in [5.41, 5.74) is 1.85. The van der Waals surface area contributed by atoms with Crippen molar-refractivity contribution in [3.05, 3.63) is 24.4 Å². The second-order valence-electron chi connectivity index (χ2n) is 3.00. The molecule has 2 aromatic heterocycles. The zero-order valence-corrected chi connectivity index (χ0v) is 7.10. The van der Waals surface area contributed by atoms with Crippen LogP contribution in [0.1, 0.15) is 25.5 Å². The normalized spacial score (nSPS) is 11.2. The third-order valence-electron chi connectivity index (χ3n) is 1.77. The Hall–Kier alpha value is -1.45. The molecule has 0 N–H and O–H groups in total. The predicted molar refractivity (Wildman–Crippen MR) is 44.9 cm³/mol. The van der Waals surface area contributed by atoms with Crippen molar-refractivity contribution < 1.29 is 0 Å². The Morgan fingerprint density at radius 3 is 2.92 bits per heavy atom. The van der Waals surface area contributed by atoms with Gasteiger partial charge >= 0.3 is 0 Å². The Balaban J connectivity index is 2.73. The number of hydrogen-bond acceptors (Lipinski definition) is 3. The van der Waals surface area contributed by atoms with Crippen LogP contribution in [-0.2, 0) is 0 Å². The highest BCUT2D eigenvalue weighted by Gasteiger charge is 2.07. The molecule has 0 amide bonds. The van der Waals surface area contributed by atoms with Crippen LogP contribution in [-0.4, -0.2) is 19.6 Å². The molecule has 0 aliphatic rings. The standard InChI is InChI=1S/C8H10N4/c1-6(2)7-8-9-3-4-12(8)11-5-10-7/h3-6H,1-2H3. The molecule has 0 aliphatic heterocycles. The molecule has 4 nitrogen and oxygen atoms in total. The van der Waals surface area contributed by atoms with Crippen LogP contribution in [0, 0.1) is 0 Å². The number of aromatic nitrogens is 4. The van der Waals surface area contributed by atoms with Gasteiger partial charge < -0.3 is 0 Å². The van der Waals surface area contributed by atoms with Crippen LogP contribution in [0.5, 0.6) is 0 Å². The van der Waals surface area contributed by atoms with E-state index in [1.54, 1.807) is 17.0 Å². The lowest BCUT2D eigenvalue weighted by atomic mass is 10.1. The lowest BCUT2D eigenvalue weighted by molar-refractivity contribution is 0.780. The fourth-order valence-corrected chi connectivity index (χ4v) is 1.18. The molecule has 0 aromatic carbocycles. The van der Waals surface area contributed by atoms with Crippen LogP contribution >= 0.6 is 0 Å². The molecule has 2 aromatic rings. The first kappa shape index (κ1) is 7.21. The first-order valence-electron chi connectivity index (χ1n) is 3.93. The minimum Gasteiger partial charge on any atom is -0.235 e. The summed E-state index contributed by atoms with van der Waals surface area (Å²) in [5, 5.41) is 4.03. The van der Waals surface area contributed by atoms with E-state index in [1.165, 1.54) is 0 Å². The third kappa shape index (κ3) is 0.958. The Bertz CT molecular complexity index is 391. The summed E-state index contributed by atoms with van der Waals surface area (Å²) in [7, 11) is 0. The molecule has 0 atom stereocenters. The van der Waals surface area contributed by atoms with Gasteiger partial charge in [-0.3, -0.25) is 0 Å². The minimum atomic E-state index is 0.387. The van der Waals surface area contributed by atoms with E-state index in [0.717, 1.165) is 11.3 Å². The number of hydrogen-bond donors (Lipinski definition) is 0. The van der Waals surface area contributed by atoms with E-state index < -0.39 is 0 Å². The number of nitrogens with zero attached hydrogens (tertiary/aromatic N) is 4. The van der Waals surface area contributed by atoms with Crippen molar-refractivity contribution >= 4 is 5.65 Å². The molecule has 0 saturated heterocycles. The largest absolute Gasteiger partial charge is 0.235 e. The Morgan fingerprint density at radius 1 is 1.33 bits per heavy atom. The van der Waals surface area contributed by atoms with Crippen LogP contribution in [0.3, 0.4) is 0 Å². The molecule has 2 heterocycles. The van der Waals surface area contributed by atoms with Crippen molar-refractivity contribution in [2.24, 2.45) is 0 Å². The van der Waals surface area contributed by atoms with E-state index in [1.807, 2.05) is 6.20 Å². The summed E-state index contributed by atoms with van der Waals surface area (Å²) >= 11 is 0. The van der Waals surface area contributed by atoms with Crippen molar-refractivity contribution in [1.29, 1.82) is 0 Å². The maximum absolute atomic E-state index is 4.18. The number of fused-ring (bicyclic) bond motifs is 1. The minimum absolute atomic E-state index is 0.387. The van der Waals surface area contributed by atoms with Gasteiger partial charge in [-0.1, -0.05) is 13.8 Å². The number of imidazole rings is 1. The molecule has 0 bridgehead atoms. The van der Waals surface area contributed by atoms with E-state index in [0.29, 0.717) is 5.92 Å². The van der Waals surface area contributed by atoms with Gasteiger partial charge in [0.25, 0.3) is 0 Å². The molecule has 0 saturated carbocycles. The molecular formula is C8H10N4. The van der Waals surface area contributed by atoms with Crippen molar-refractivity contribution in [2.75, 3.05) is 0 Å². The van der Waals surface area contributed by atoms with Crippen molar-refractivity contribution in [3.63, 3.8) is 0 Å². The van der Waals surface area contributed by atoms with Gasteiger partial charge in [0.1, 0.15) is 6.33 Å². The average Bonchev–Trinajstić information content (AvgIpc) is 2.49. The van der Waals surface area contributed by atoms with E-state index in [9.17, 15) is 0 Å². The molecule has 0 unspecified atom stereocenters. The van der Waals surface area contributed by atoms with Gasteiger partial charge in [0.15, 0.2) is 5.65 Å². The van der Waals surface area contributed by atoms with Gasteiger partial charge in [0, 0.05) is 12.4 Å². The van der Waals surface area contributed by atoms with Gasteiger partial charge in [-0.05, 0) is 5.92 Å². The molecule has 0 aliphatic carbocycles. The highest BCUT2D eigenvalue weighted by Crippen LogP contribution is 2.14. The topological polar surface area (TPSA) is 43.1 Å². The quantitative estimate of drug-likeness (QED) is 0.633. The van der Waals surface area contributed by atoms with E-state index in [4.69, 9.17) is 0 Å². The van der Waals surface area contributed by atoms with Crippen LogP contribution in [0.25, 0.3) is 5.65 Å². The molecule has 0 fully saturated rings. The summed E-state index contributed by atoms with van der Waals surface area (Å²) < 4.78 is 1.74. The zero-order chi connectivity index (χ0) is 8.55. The van der Waals surface area contributed by atoms with Gasteiger partial charge in [-0.15, -0.1) is 0 Å². The maximum Gasteiger partial charge on any atom is 0.175 e. The highest BCUT2D eigenvalue weighted by molar-refractivity contribution is 5.43. The predicted octanol–water partition coefficient (Wildman–Crippen LogP) is 1.25. The average molecular weight is 162 g/mol. The van der Waals surface area contributed by atoms with Gasteiger partial charge in [0.2, 0.25) is 0 Å². The summed E-state index contributed by atoms with van der Waals surface area (Å²) in [6.07, 6.45) is 5.11. The van der Waals surface area contributed by atoms with Crippen LogP contribution in [0.15, 0.2) is 18.7 Å². The van der Waals surface area contributed by atoms with Crippen LogP contribution < -0.4 is 0 Å². The smallest absolute Gasteiger partial charge is 0.175 e. The van der Waals surface area contributed by atoms with Crippen molar-refractivity contribution in [2.45, 2.75) is 19.8 Å². The lowest BCUT2D eigenvalue weighted by Crippen LogP contribution is -2.00. The molecular weight excluding hydrogens is 152 g/mol. The second-order valence-corrected chi connectivity index (χ2v) is 3.00. The highest BCUT2D eigenvalue weighted by atomic mass is 15.3. The van der Waals surface area contributed by atoms with Gasteiger partial charge in [0.05, 0.1) is 5.69 Å². The Morgan fingerprint density at radius 2 is 2.17 bits per heavy atom.